The van der Waals surface area contributed by atoms with E-state index in [1.54, 1.807) is 12.3 Å². The van der Waals surface area contributed by atoms with Crippen molar-refractivity contribution in [2.75, 3.05) is 0 Å². The molecule has 5 heterocycles. The lowest BCUT2D eigenvalue weighted by Gasteiger charge is -2.20. The van der Waals surface area contributed by atoms with Crippen LogP contribution in [0, 0.1) is 0 Å². The quantitative estimate of drug-likeness (QED) is 0.426. The van der Waals surface area contributed by atoms with Gasteiger partial charge < -0.3 is 15.4 Å². The molecule has 2 bridgehead atoms. The Balaban J connectivity index is 1.37. The van der Waals surface area contributed by atoms with E-state index in [2.05, 4.69) is 38.8 Å². The molecule has 2 aliphatic heterocycles. The molecule has 1 fully saturated rings. The van der Waals surface area contributed by atoms with Crippen LogP contribution >= 0.6 is 0 Å². The molecule has 1 saturated heterocycles. The van der Waals surface area contributed by atoms with Crippen molar-refractivity contribution in [3.05, 3.63) is 60.7 Å². The highest BCUT2D eigenvalue weighted by molar-refractivity contribution is 5.92. The second-order valence-corrected chi connectivity index (χ2v) is 7.98. The van der Waals surface area contributed by atoms with Crippen LogP contribution in [0.5, 0.6) is 5.75 Å². The average molecular weight is 383 g/mol. The number of nitrogens with one attached hydrogen (secondary N) is 3. The molecule has 3 aromatic heterocycles. The highest BCUT2D eigenvalue weighted by Gasteiger charge is 2.29. The van der Waals surface area contributed by atoms with Crippen molar-refractivity contribution in [1.29, 1.82) is 0 Å². The van der Waals surface area contributed by atoms with Gasteiger partial charge in [-0.2, -0.15) is 5.10 Å². The highest BCUT2D eigenvalue weighted by Crippen LogP contribution is 2.37. The van der Waals surface area contributed by atoms with Crippen LogP contribution in [0.1, 0.15) is 24.8 Å². The molecule has 6 heteroatoms. The van der Waals surface area contributed by atoms with Crippen molar-refractivity contribution < 1.29 is 5.11 Å². The number of rotatable bonds is 3. The highest BCUT2D eigenvalue weighted by atomic mass is 16.3. The number of aromatic amines is 2. The molecule has 4 aromatic rings. The Morgan fingerprint density at radius 1 is 0.966 bits per heavy atom. The molecule has 2 atom stereocenters. The van der Waals surface area contributed by atoms with Crippen LogP contribution in [0.25, 0.3) is 38.9 Å². The van der Waals surface area contributed by atoms with Crippen LogP contribution in [0.4, 0.5) is 0 Å². The molecule has 29 heavy (non-hydrogen) atoms. The summed E-state index contributed by atoms with van der Waals surface area (Å²) in [5.74, 6) is 0.231. The average Bonchev–Trinajstić information content (AvgIpc) is 3.47. The van der Waals surface area contributed by atoms with Crippen LogP contribution in [-0.4, -0.2) is 37.4 Å². The number of benzene rings is 1. The van der Waals surface area contributed by atoms with Crippen molar-refractivity contribution in [2.45, 2.75) is 31.3 Å². The maximum Gasteiger partial charge on any atom is 0.124 e. The van der Waals surface area contributed by atoms with Crippen molar-refractivity contribution in [3.8, 4) is 28.0 Å². The first-order valence-electron chi connectivity index (χ1n) is 10.0. The minimum Gasteiger partial charge on any atom is -0.507 e. The standard InChI is InChI=1S/C23H21N5O/c29-22-8-13(16-10-26-27-11-16)1-4-19(22)15-7-21-23(25-9-15)20(12-24-21)14-5-17-2-3-18(6-14)28-17/h1,4-5,7-12,17-18,24,28-29H,2-3,6H2,(H,26,27). The van der Waals surface area contributed by atoms with Gasteiger partial charge in [0.1, 0.15) is 5.75 Å². The third-order valence-electron chi connectivity index (χ3n) is 6.15. The lowest BCUT2D eigenvalue weighted by molar-refractivity contribution is 0.477. The van der Waals surface area contributed by atoms with E-state index in [-0.39, 0.29) is 5.75 Å². The Hall–Kier alpha value is -3.38. The van der Waals surface area contributed by atoms with Crippen molar-refractivity contribution in [2.24, 2.45) is 0 Å². The molecule has 6 nitrogen and oxygen atoms in total. The number of pyridine rings is 1. The van der Waals surface area contributed by atoms with Gasteiger partial charge in [0.25, 0.3) is 0 Å². The summed E-state index contributed by atoms with van der Waals surface area (Å²) in [7, 11) is 0. The number of aromatic hydroxyl groups is 1. The fraction of sp³-hybridized carbons (Fsp3) is 0.217. The normalized spacial score (nSPS) is 20.9. The van der Waals surface area contributed by atoms with Crippen molar-refractivity contribution >= 4 is 16.6 Å². The summed E-state index contributed by atoms with van der Waals surface area (Å²) in [5, 5.41) is 21.0. The smallest absolute Gasteiger partial charge is 0.124 e. The summed E-state index contributed by atoms with van der Waals surface area (Å²) < 4.78 is 0. The zero-order valence-corrected chi connectivity index (χ0v) is 15.8. The second kappa shape index (κ2) is 6.32. The van der Waals surface area contributed by atoms with Crippen LogP contribution in [0.2, 0.25) is 0 Å². The zero-order chi connectivity index (χ0) is 19.4. The van der Waals surface area contributed by atoms with Gasteiger partial charge in [-0.05, 0) is 48.6 Å². The van der Waals surface area contributed by atoms with Gasteiger partial charge in [0.05, 0.1) is 17.2 Å². The number of phenolic OH excluding ortho intramolecular Hbond substituents is 1. The monoisotopic (exact) mass is 383 g/mol. The number of aromatic nitrogens is 4. The molecule has 2 unspecified atom stereocenters. The van der Waals surface area contributed by atoms with E-state index >= 15 is 0 Å². The Kier molecular flexibility index (Phi) is 3.61. The van der Waals surface area contributed by atoms with Gasteiger partial charge in [-0.25, -0.2) is 0 Å². The summed E-state index contributed by atoms with van der Waals surface area (Å²) in [6.45, 7) is 0. The minimum atomic E-state index is 0.231. The molecule has 6 rings (SSSR count). The third-order valence-corrected chi connectivity index (χ3v) is 6.15. The summed E-state index contributed by atoms with van der Waals surface area (Å²) in [5.41, 5.74) is 8.09. The molecular weight excluding hydrogens is 362 g/mol. The molecular formula is C23H21N5O. The molecule has 144 valence electrons. The summed E-state index contributed by atoms with van der Waals surface area (Å²) >= 11 is 0. The van der Waals surface area contributed by atoms with Crippen LogP contribution in [-0.2, 0) is 0 Å². The predicted octanol–water partition coefficient (Wildman–Crippen LogP) is 4.23. The van der Waals surface area contributed by atoms with Crippen molar-refractivity contribution in [3.63, 3.8) is 0 Å². The predicted molar refractivity (Wildman–Crippen MR) is 113 cm³/mol. The Bertz CT molecular complexity index is 1240. The van der Waals surface area contributed by atoms with Crippen LogP contribution in [0.3, 0.4) is 0 Å². The van der Waals surface area contributed by atoms with E-state index < -0.39 is 0 Å². The number of fused-ring (bicyclic) bond motifs is 3. The van der Waals surface area contributed by atoms with E-state index in [0.717, 1.165) is 39.7 Å². The van der Waals surface area contributed by atoms with Gasteiger partial charge in [0, 0.05) is 52.9 Å². The van der Waals surface area contributed by atoms with E-state index in [1.165, 1.54) is 24.0 Å². The van der Waals surface area contributed by atoms with Gasteiger partial charge in [0.15, 0.2) is 0 Å². The first kappa shape index (κ1) is 16.6. The van der Waals surface area contributed by atoms with Gasteiger partial charge in [-0.1, -0.05) is 12.1 Å². The van der Waals surface area contributed by atoms with Crippen LogP contribution < -0.4 is 5.32 Å². The molecule has 1 aromatic carbocycles. The third kappa shape index (κ3) is 2.76. The zero-order valence-electron chi connectivity index (χ0n) is 15.8. The Labute approximate surface area is 167 Å². The molecule has 0 saturated carbocycles. The fourth-order valence-electron chi connectivity index (χ4n) is 4.68. The SMILES string of the molecule is Oc1cc(-c2cn[nH]c2)ccc1-c1cnc2c(C3=CC4CCC(C3)N4)c[nH]c2c1. The van der Waals surface area contributed by atoms with Crippen LogP contribution in [0.15, 0.2) is 55.1 Å². The fourth-order valence-corrected chi connectivity index (χ4v) is 4.68. The van der Waals surface area contributed by atoms with Gasteiger partial charge in [-0.15, -0.1) is 0 Å². The summed E-state index contributed by atoms with van der Waals surface area (Å²) in [6, 6.07) is 8.83. The molecule has 0 amide bonds. The largest absolute Gasteiger partial charge is 0.507 e. The van der Waals surface area contributed by atoms with Crippen molar-refractivity contribution in [1.82, 2.24) is 25.5 Å². The number of hydrogen-bond acceptors (Lipinski definition) is 4. The molecule has 0 radical (unpaired) electrons. The molecule has 0 spiro atoms. The molecule has 0 aliphatic carbocycles. The first-order chi connectivity index (χ1) is 14.2. The first-order valence-corrected chi connectivity index (χ1v) is 10.0. The van der Waals surface area contributed by atoms with E-state index in [9.17, 15) is 5.11 Å². The number of hydrogen-bond donors (Lipinski definition) is 4. The number of H-pyrrole nitrogens is 2. The molecule has 4 N–H and O–H groups in total. The minimum absolute atomic E-state index is 0.231. The Morgan fingerprint density at radius 2 is 1.93 bits per heavy atom. The molecule has 2 aliphatic rings. The summed E-state index contributed by atoms with van der Waals surface area (Å²) in [4.78, 5) is 8.14. The van der Waals surface area contributed by atoms with E-state index in [1.807, 2.05) is 24.5 Å². The topological polar surface area (TPSA) is 89.6 Å². The maximum absolute atomic E-state index is 10.6. The maximum atomic E-state index is 10.6. The second-order valence-electron chi connectivity index (χ2n) is 7.98. The summed E-state index contributed by atoms with van der Waals surface area (Å²) in [6.07, 6.45) is 13.4. The van der Waals surface area contributed by atoms with E-state index in [0.29, 0.717) is 12.1 Å². The van der Waals surface area contributed by atoms with Gasteiger partial charge >= 0.3 is 0 Å². The van der Waals surface area contributed by atoms with Gasteiger partial charge in [-0.3, -0.25) is 10.1 Å². The number of phenols is 1. The van der Waals surface area contributed by atoms with E-state index in [4.69, 9.17) is 4.98 Å². The number of nitrogens with zero attached hydrogens (tertiary/aromatic N) is 2. The lowest BCUT2D eigenvalue weighted by atomic mass is 9.97. The van der Waals surface area contributed by atoms with Gasteiger partial charge in [0.2, 0.25) is 0 Å². The Morgan fingerprint density at radius 3 is 2.76 bits per heavy atom. The lowest BCUT2D eigenvalue weighted by Crippen LogP contribution is -2.31.